The molecule has 6 nitrogen and oxygen atoms in total. The number of amides is 1. The number of carbonyl (C=O) groups is 2. The van der Waals surface area contributed by atoms with Crippen LogP contribution < -0.4 is 5.32 Å². The Hall–Kier alpha value is -3.41. The summed E-state index contributed by atoms with van der Waals surface area (Å²) in [6.07, 6.45) is 4.93. The zero-order chi connectivity index (χ0) is 19.6. The molecule has 1 amide bonds. The smallest absolute Gasteiger partial charge is 0.256 e. The zero-order valence-electron chi connectivity index (χ0n) is 15.4. The van der Waals surface area contributed by atoms with Crippen LogP contribution in [0.15, 0.2) is 48.7 Å². The van der Waals surface area contributed by atoms with Crippen LogP contribution in [0.3, 0.4) is 0 Å². The van der Waals surface area contributed by atoms with E-state index in [0.717, 1.165) is 16.6 Å². The molecule has 27 heavy (non-hydrogen) atoms. The van der Waals surface area contributed by atoms with E-state index in [0.29, 0.717) is 11.4 Å². The minimum Gasteiger partial charge on any atom is -0.508 e. The van der Waals surface area contributed by atoms with Crippen LogP contribution in [0.4, 0.5) is 5.82 Å². The molecule has 3 N–H and O–H groups in total. The summed E-state index contributed by atoms with van der Waals surface area (Å²) >= 11 is 0. The van der Waals surface area contributed by atoms with E-state index < -0.39 is 5.41 Å². The van der Waals surface area contributed by atoms with Crippen LogP contribution in [0.2, 0.25) is 0 Å². The van der Waals surface area contributed by atoms with Crippen LogP contribution in [0.5, 0.6) is 5.75 Å². The van der Waals surface area contributed by atoms with Gasteiger partial charge in [-0.3, -0.25) is 9.59 Å². The molecule has 6 heteroatoms. The first-order chi connectivity index (χ1) is 12.7. The predicted octanol–water partition coefficient (Wildman–Crippen LogP) is 4.15. The minimum absolute atomic E-state index is 0.0427. The van der Waals surface area contributed by atoms with Crippen molar-refractivity contribution >= 4 is 34.5 Å². The third kappa shape index (κ3) is 4.41. The molecule has 138 valence electrons. The van der Waals surface area contributed by atoms with E-state index in [9.17, 15) is 14.7 Å². The Morgan fingerprint density at radius 2 is 1.85 bits per heavy atom. The van der Waals surface area contributed by atoms with Crippen molar-refractivity contribution in [2.24, 2.45) is 5.41 Å². The molecule has 0 spiro atoms. The van der Waals surface area contributed by atoms with Crippen LogP contribution in [-0.2, 0) is 4.79 Å². The number of ketones is 1. The van der Waals surface area contributed by atoms with Gasteiger partial charge < -0.3 is 15.4 Å². The van der Waals surface area contributed by atoms with Gasteiger partial charge in [0.1, 0.15) is 11.6 Å². The lowest BCUT2D eigenvalue weighted by molar-refractivity contribution is -0.121. The number of H-pyrrole nitrogens is 1. The standard InChI is InChI=1S/C21H21N3O3/c1-21(2,3)18(26)9-6-15-10-14-11-19(22-12-17(14)23-15)24-20(27)13-4-7-16(25)8-5-13/h4-12,23,25H,1-3H3,(H,22,24,27)/b9-6+. The summed E-state index contributed by atoms with van der Waals surface area (Å²) in [6, 6.07) is 9.63. The van der Waals surface area contributed by atoms with E-state index in [2.05, 4.69) is 15.3 Å². The highest BCUT2D eigenvalue weighted by atomic mass is 16.3. The van der Waals surface area contributed by atoms with Crippen molar-refractivity contribution < 1.29 is 14.7 Å². The highest BCUT2D eigenvalue weighted by Gasteiger charge is 2.18. The second kappa shape index (κ2) is 7.07. The second-order valence-corrected chi connectivity index (χ2v) is 7.33. The summed E-state index contributed by atoms with van der Waals surface area (Å²) in [5, 5.41) is 12.9. The number of carbonyl (C=O) groups excluding carboxylic acids is 2. The maximum Gasteiger partial charge on any atom is 0.256 e. The van der Waals surface area contributed by atoms with Crippen LogP contribution in [0.1, 0.15) is 36.8 Å². The van der Waals surface area contributed by atoms with E-state index in [1.54, 1.807) is 24.4 Å². The third-order valence-corrected chi connectivity index (χ3v) is 4.05. The molecule has 0 saturated heterocycles. The molecule has 3 aromatic rings. The SMILES string of the molecule is CC(C)(C)C(=O)/C=C/c1cc2cc(NC(=O)c3ccc(O)cc3)ncc2[nH]1. The maximum absolute atomic E-state index is 12.2. The van der Waals surface area contributed by atoms with Crippen LogP contribution in [-0.4, -0.2) is 26.8 Å². The number of pyridine rings is 1. The summed E-state index contributed by atoms with van der Waals surface area (Å²) in [5.74, 6) is 0.249. The first-order valence-electron chi connectivity index (χ1n) is 8.54. The van der Waals surface area contributed by atoms with Gasteiger partial charge in [-0.1, -0.05) is 20.8 Å². The van der Waals surface area contributed by atoms with Crippen molar-refractivity contribution in [2.45, 2.75) is 20.8 Å². The summed E-state index contributed by atoms with van der Waals surface area (Å²) in [6.45, 7) is 5.62. The van der Waals surface area contributed by atoms with Gasteiger partial charge in [0.15, 0.2) is 5.78 Å². The topological polar surface area (TPSA) is 95.1 Å². The van der Waals surface area contributed by atoms with E-state index in [4.69, 9.17) is 0 Å². The minimum atomic E-state index is -0.421. The molecule has 2 heterocycles. The quantitative estimate of drug-likeness (QED) is 0.607. The van der Waals surface area contributed by atoms with Gasteiger partial charge in [0.2, 0.25) is 0 Å². The zero-order valence-corrected chi connectivity index (χ0v) is 15.4. The van der Waals surface area contributed by atoms with Gasteiger partial charge in [0, 0.05) is 22.1 Å². The fourth-order valence-electron chi connectivity index (χ4n) is 2.43. The van der Waals surface area contributed by atoms with E-state index >= 15 is 0 Å². The summed E-state index contributed by atoms with van der Waals surface area (Å²) < 4.78 is 0. The lowest BCUT2D eigenvalue weighted by Crippen LogP contribution is -2.17. The number of nitrogens with zero attached hydrogens (tertiary/aromatic N) is 1. The largest absolute Gasteiger partial charge is 0.508 e. The van der Waals surface area contributed by atoms with Crippen molar-refractivity contribution in [2.75, 3.05) is 5.32 Å². The number of fused-ring (bicyclic) bond motifs is 1. The van der Waals surface area contributed by atoms with Crippen LogP contribution in [0.25, 0.3) is 17.0 Å². The first kappa shape index (κ1) is 18.4. The van der Waals surface area contributed by atoms with Gasteiger partial charge in [-0.2, -0.15) is 0 Å². The second-order valence-electron chi connectivity index (χ2n) is 7.33. The number of aromatic amines is 1. The number of aromatic nitrogens is 2. The first-order valence-corrected chi connectivity index (χ1v) is 8.54. The van der Waals surface area contributed by atoms with E-state index in [1.165, 1.54) is 24.3 Å². The molecule has 0 radical (unpaired) electrons. The molecule has 0 aliphatic rings. The molecular weight excluding hydrogens is 342 g/mol. The number of phenolic OH excluding ortho intramolecular Hbond substituents is 1. The number of allylic oxidation sites excluding steroid dienone is 1. The lowest BCUT2D eigenvalue weighted by Gasteiger charge is -2.12. The molecule has 0 bridgehead atoms. The maximum atomic E-state index is 12.2. The number of anilines is 1. The van der Waals surface area contributed by atoms with Crippen molar-refractivity contribution in [3.63, 3.8) is 0 Å². The molecule has 0 fully saturated rings. The predicted molar refractivity (Wildman–Crippen MR) is 106 cm³/mol. The number of nitrogens with one attached hydrogen (secondary N) is 2. The Kier molecular flexibility index (Phi) is 4.81. The lowest BCUT2D eigenvalue weighted by atomic mass is 9.90. The van der Waals surface area contributed by atoms with Crippen molar-refractivity contribution in [3.05, 3.63) is 59.9 Å². The Balaban J connectivity index is 1.77. The third-order valence-electron chi connectivity index (χ3n) is 4.05. The molecule has 2 aromatic heterocycles. The van der Waals surface area contributed by atoms with E-state index in [1.807, 2.05) is 26.8 Å². The summed E-state index contributed by atoms with van der Waals surface area (Å²) in [4.78, 5) is 31.7. The molecule has 0 atom stereocenters. The summed E-state index contributed by atoms with van der Waals surface area (Å²) in [5.41, 5.74) is 1.59. The molecule has 3 rings (SSSR count). The number of hydrogen-bond acceptors (Lipinski definition) is 4. The van der Waals surface area contributed by atoms with E-state index in [-0.39, 0.29) is 17.4 Å². The van der Waals surface area contributed by atoms with Crippen molar-refractivity contribution in [3.8, 4) is 5.75 Å². The fourth-order valence-corrected chi connectivity index (χ4v) is 2.43. The highest BCUT2D eigenvalue weighted by Crippen LogP contribution is 2.21. The molecule has 0 saturated carbocycles. The van der Waals surface area contributed by atoms with Gasteiger partial charge in [0.05, 0.1) is 11.7 Å². The summed E-state index contributed by atoms with van der Waals surface area (Å²) in [7, 11) is 0. The van der Waals surface area contributed by atoms with Gasteiger partial charge in [-0.05, 0) is 48.6 Å². The van der Waals surface area contributed by atoms with Crippen LogP contribution >= 0.6 is 0 Å². The average Bonchev–Trinajstić information content (AvgIpc) is 3.01. The molecule has 1 aromatic carbocycles. The number of benzene rings is 1. The monoisotopic (exact) mass is 363 g/mol. The molecule has 0 aliphatic carbocycles. The van der Waals surface area contributed by atoms with Gasteiger partial charge >= 0.3 is 0 Å². The average molecular weight is 363 g/mol. The number of aromatic hydroxyl groups is 1. The van der Waals surface area contributed by atoms with Crippen molar-refractivity contribution in [1.29, 1.82) is 0 Å². The Bertz CT molecular complexity index is 1030. The number of rotatable bonds is 4. The van der Waals surface area contributed by atoms with Crippen molar-refractivity contribution in [1.82, 2.24) is 9.97 Å². The van der Waals surface area contributed by atoms with Gasteiger partial charge in [-0.25, -0.2) is 4.98 Å². The number of phenols is 1. The number of hydrogen-bond donors (Lipinski definition) is 3. The molecule has 0 aliphatic heterocycles. The highest BCUT2D eigenvalue weighted by molar-refractivity contribution is 6.04. The molecular formula is C21H21N3O3. The Morgan fingerprint density at radius 3 is 2.52 bits per heavy atom. The molecule has 0 unspecified atom stereocenters. The fraction of sp³-hybridized carbons (Fsp3) is 0.190. The Labute approximate surface area is 156 Å². The van der Waals surface area contributed by atoms with Gasteiger partial charge in [0.25, 0.3) is 5.91 Å². The normalized spacial score (nSPS) is 11.8. The van der Waals surface area contributed by atoms with Crippen LogP contribution in [0, 0.1) is 5.41 Å². The van der Waals surface area contributed by atoms with Gasteiger partial charge in [-0.15, -0.1) is 0 Å². The Morgan fingerprint density at radius 1 is 1.15 bits per heavy atom.